The summed E-state index contributed by atoms with van der Waals surface area (Å²) < 4.78 is 20.6. The Bertz CT molecular complexity index is 2170. The van der Waals surface area contributed by atoms with Gasteiger partial charge in [-0.3, -0.25) is 9.59 Å². The van der Waals surface area contributed by atoms with Crippen molar-refractivity contribution >= 4 is 39.3 Å². The number of esters is 1. The molecule has 0 saturated heterocycles. The number of carbonyl (C=O) groups is 2. The molecule has 6 aromatic rings. The van der Waals surface area contributed by atoms with Crippen molar-refractivity contribution in [2.24, 2.45) is 0 Å². The molecule has 2 heterocycles. The van der Waals surface area contributed by atoms with E-state index in [1.807, 2.05) is 120 Å². The van der Waals surface area contributed by atoms with E-state index in [4.69, 9.17) is 19.3 Å². The van der Waals surface area contributed by atoms with E-state index in [1.54, 1.807) is 23.7 Å². The first-order valence-corrected chi connectivity index (χ1v) is 17.9. The summed E-state index contributed by atoms with van der Waals surface area (Å²) >= 11 is 3.57. The minimum absolute atomic E-state index is 0.135. The smallest absolute Gasteiger partial charge is 0.327 e. The molecule has 0 unspecified atom stereocenters. The number of benzene rings is 5. The highest BCUT2D eigenvalue weighted by molar-refractivity contribution is 9.10. The van der Waals surface area contributed by atoms with Gasteiger partial charge in [-0.25, -0.2) is 4.68 Å². The summed E-state index contributed by atoms with van der Waals surface area (Å²) in [6.45, 7) is 3.30. The Morgan fingerprint density at radius 2 is 1.42 bits per heavy atom. The summed E-state index contributed by atoms with van der Waals surface area (Å²) in [5.41, 5.74) is 6.40. The van der Waals surface area contributed by atoms with Crippen LogP contribution in [-0.4, -0.2) is 33.2 Å². The lowest BCUT2D eigenvalue weighted by Crippen LogP contribution is -2.27. The fourth-order valence-corrected chi connectivity index (χ4v) is 6.51. The molecule has 0 spiro atoms. The van der Waals surface area contributed by atoms with Crippen LogP contribution in [0.4, 0.5) is 11.5 Å². The van der Waals surface area contributed by atoms with E-state index in [9.17, 15) is 9.59 Å². The highest BCUT2D eigenvalue weighted by atomic mass is 79.9. The molecule has 0 aliphatic carbocycles. The van der Waals surface area contributed by atoms with Crippen LogP contribution in [0.2, 0.25) is 0 Å². The number of halogens is 1. The fraction of sp³-hybridized carbons (Fsp3) is 0.167. The predicted molar refractivity (Wildman–Crippen MR) is 203 cm³/mol. The highest BCUT2D eigenvalue weighted by Gasteiger charge is 2.30. The van der Waals surface area contributed by atoms with Crippen LogP contribution in [0.5, 0.6) is 11.5 Å². The highest BCUT2D eigenvalue weighted by Crippen LogP contribution is 2.39. The SMILES string of the molecule is CCOC(=O)Cn1nc(-c2ccccc2)cc1Nc1cc(OCc2ccccc2)cc(OCc2ccccc2)c1C(=O)N1Cc2ccc(Br)cc2C1. The first-order chi connectivity index (χ1) is 25.4. The second-order valence-corrected chi connectivity index (χ2v) is 13.3. The molecule has 262 valence electrons. The lowest BCUT2D eigenvalue weighted by molar-refractivity contribution is -0.144. The summed E-state index contributed by atoms with van der Waals surface area (Å²) in [4.78, 5) is 29.4. The second-order valence-electron chi connectivity index (χ2n) is 12.3. The van der Waals surface area contributed by atoms with Crippen molar-refractivity contribution in [3.63, 3.8) is 0 Å². The van der Waals surface area contributed by atoms with Gasteiger partial charge in [0.25, 0.3) is 5.91 Å². The van der Waals surface area contributed by atoms with Crippen LogP contribution in [0.3, 0.4) is 0 Å². The van der Waals surface area contributed by atoms with Crippen molar-refractivity contribution in [1.29, 1.82) is 0 Å². The molecular weight excluding hydrogens is 720 g/mol. The molecule has 0 saturated carbocycles. The average Bonchev–Trinajstić information content (AvgIpc) is 3.77. The van der Waals surface area contributed by atoms with Gasteiger partial charge in [-0.05, 0) is 41.3 Å². The maximum atomic E-state index is 14.8. The lowest BCUT2D eigenvalue weighted by Gasteiger charge is -2.23. The molecule has 10 heteroatoms. The van der Waals surface area contributed by atoms with Gasteiger partial charge >= 0.3 is 5.97 Å². The van der Waals surface area contributed by atoms with E-state index in [2.05, 4.69) is 21.2 Å². The first kappa shape index (κ1) is 34.6. The third-order valence-electron chi connectivity index (χ3n) is 8.65. The first-order valence-electron chi connectivity index (χ1n) is 17.1. The Morgan fingerprint density at radius 3 is 2.12 bits per heavy atom. The van der Waals surface area contributed by atoms with Gasteiger partial charge in [0.2, 0.25) is 0 Å². The topological polar surface area (TPSA) is 94.9 Å². The van der Waals surface area contributed by atoms with Crippen molar-refractivity contribution in [1.82, 2.24) is 14.7 Å². The molecule has 1 aliphatic heterocycles. The summed E-state index contributed by atoms with van der Waals surface area (Å²) in [5.74, 6) is 0.701. The molecule has 0 bridgehead atoms. The molecule has 1 aliphatic rings. The van der Waals surface area contributed by atoms with Gasteiger partial charge in [-0.1, -0.05) is 113 Å². The average molecular weight is 758 g/mol. The molecule has 7 rings (SSSR count). The van der Waals surface area contributed by atoms with Gasteiger partial charge in [0.05, 0.1) is 18.0 Å². The lowest BCUT2D eigenvalue weighted by atomic mass is 10.1. The van der Waals surface area contributed by atoms with Crippen molar-refractivity contribution < 1.29 is 23.8 Å². The van der Waals surface area contributed by atoms with Crippen molar-refractivity contribution in [2.45, 2.75) is 39.8 Å². The van der Waals surface area contributed by atoms with Gasteiger partial charge in [0.1, 0.15) is 42.6 Å². The number of hydrogen-bond acceptors (Lipinski definition) is 7. The Hall–Kier alpha value is -5.87. The van der Waals surface area contributed by atoms with Crippen LogP contribution in [0, 0.1) is 0 Å². The van der Waals surface area contributed by atoms with Crippen LogP contribution in [0.1, 0.15) is 39.5 Å². The van der Waals surface area contributed by atoms with E-state index >= 15 is 0 Å². The molecule has 1 N–H and O–H groups in total. The Morgan fingerprint density at radius 1 is 0.769 bits per heavy atom. The molecule has 52 heavy (non-hydrogen) atoms. The molecule has 1 aromatic heterocycles. The van der Waals surface area contributed by atoms with Crippen molar-refractivity contribution in [2.75, 3.05) is 11.9 Å². The zero-order valence-electron chi connectivity index (χ0n) is 28.6. The number of aromatic nitrogens is 2. The van der Waals surface area contributed by atoms with Gasteiger partial charge < -0.3 is 24.4 Å². The van der Waals surface area contributed by atoms with Crippen molar-refractivity contribution in [3.05, 3.63) is 160 Å². The molecule has 1 amide bonds. The second kappa shape index (κ2) is 16.0. The predicted octanol–water partition coefficient (Wildman–Crippen LogP) is 8.93. The molecule has 0 atom stereocenters. The summed E-state index contributed by atoms with van der Waals surface area (Å²) in [6.07, 6.45) is 0. The quantitative estimate of drug-likeness (QED) is 0.118. The molecule has 5 aromatic carbocycles. The Kier molecular flexibility index (Phi) is 10.6. The minimum atomic E-state index is -0.433. The Balaban J connectivity index is 1.32. The van der Waals surface area contributed by atoms with E-state index in [0.29, 0.717) is 54.0 Å². The number of fused-ring (bicyclic) bond motifs is 1. The fourth-order valence-electron chi connectivity index (χ4n) is 6.10. The largest absolute Gasteiger partial charge is 0.489 e. The standard InChI is InChI=1S/C42H37BrN4O5/c1-2-50-40(48)26-47-39(23-36(45-47)31-16-10-5-11-17-31)44-37-21-35(51-27-29-12-6-3-7-13-29)22-38(52-28-30-14-8-4-9-15-30)41(37)42(49)46-24-32-18-19-34(43)20-33(32)25-46/h3-23,44H,2,24-28H2,1H3. The van der Waals surface area contributed by atoms with Gasteiger partial charge in [0, 0.05) is 41.3 Å². The van der Waals surface area contributed by atoms with Crippen LogP contribution < -0.4 is 14.8 Å². The van der Waals surface area contributed by atoms with Crippen LogP contribution in [0.15, 0.2) is 132 Å². The van der Waals surface area contributed by atoms with Crippen LogP contribution >= 0.6 is 15.9 Å². The van der Waals surface area contributed by atoms with E-state index in [1.165, 1.54) is 0 Å². The zero-order chi connectivity index (χ0) is 35.9. The molecule has 9 nitrogen and oxygen atoms in total. The van der Waals surface area contributed by atoms with E-state index < -0.39 is 5.97 Å². The number of amides is 1. The van der Waals surface area contributed by atoms with Gasteiger partial charge in [-0.15, -0.1) is 0 Å². The van der Waals surface area contributed by atoms with E-state index in [-0.39, 0.29) is 25.7 Å². The molecule has 0 radical (unpaired) electrons. The third-order valence-corrected chi connectivity index (χ3v) is 9.14. The van der Waals surface area contributed by atoms with Crippen LogP contribution in [0.25, 0.3) is 11.3 Å². The molecular formula is C42H37BrN4O5. The number of ether oxygens (including phenoxy) is 3. The van der Waals surface area contributed by atoms with Crippen LogP contribution in [-0.2, 0) is 42.4 Å². The zero-order valence-corrected chi connectivity index (χ0v) is 30.2. The summed E-state index contributed by atoms with van der Waals surface area (Å²) in [7, 11) is 0. The summed E-state index contributed by atoms with van der Waals surface area (Å²) in [6, 6.07) is 40.9. The number of hydrogen-bond donors (Lipinski definition) is 1. The third kappa shape index (κ3) is 8.19. The number of nitrogens with one attached hydrogen (secondary N) is 1. The maximum absolute atomic E-state index is 14.8. The maximum Gasteiger partial charge on any atom is 0.327 e. The number of rotatable bonds is 13. The number of carbonyl (C=O) groups excluding carboxylic acids is 2. The number of anilines is 2. The number of nitrogens with zero attached hydrogens (tertiary/aromatic N) is 3. The van der Waals surface area contributed by atoms with Gasteiger partial charge in [-0.2, -0.15) is 5.10 Å². The summed E-state index contributed by atoms with van der Waals surface area (Å²) in [5, 5.41) is 8.24. The Labute approximate surface area is 310 Å². The normalized spacial score (nSPS) is 11.9. The van der Waals surface area contributed by atoms with Gasteiger partial charge in [0.15, 0.2) is 0 Å². The van der Waals surface area contributed by atoms with E-state index in [0.717, 1.165) is 32.3 Å². The van der Waals surface area contributed by atoms with Crippen molar-refractivity contribution in [3.8, 4) is 22.8 Å². The molecule has 0 fully saturated rings. The monoisotopic (exact) mass is 756 g/mol. The minimum Gasteiger partial charge on any atom is -0.489 e.